The van der Waals surface area contributed by atoms with E-state index in [1.165, 1.54) is 65.0 Å². The van der Waals surface area contributed by atoms with E-state index in [1.54, 1.807) is 0 Å². The summed E-state index contributed by atoms with van der Waals surface area (Å²) in [6, 6.07) is 15.7. The summed E-state index contributed by atoms with van der Waals surface area (Å²) >= 11 is 0. The van der Waals surface area contributed by atoms with Gasteiger partial charge in [0.25, 0.3) is 0 Å². The van der Waals surface area contributed by atoms with Crippen LogP contribution < -0.4 is 0 Å². The van der Waals surface area contributed by atoms with Crippen LogP contribution in [0.4, 0.5) is 0 Å². The topological polar surface area (TPSA) is 17.3 Å². The van der Waals surface area contributed by atoms with Crippen molar-refractivity contribution < 1.29 is 0 Å². The van der Waals surface area contributed by atoms with Gasteiger partial charge >= 0.3 is 0 Å². The van der Waals surface area contributed by atoms with E-state index >= 15 is 0 Å². The van der Waals surface area contributed by atoms with E-state index in [4.69, 9.17) is 4.98 Å². The molecule has 2 nitrogen and oxygen atoms in total. The lowest BCUT2D eigenvalue weighted by Crippen LogP contribution is -1.95. The highest BCUT2D eigenvalue weighted by molar-refractivity contribution is 6.12. The molecule has 4 aromatic rings. The summed E-state index contributed by atoms with van der Waals surface area (Å²) in [6.07, 6.45) is 6.41. The predicted octanol–water partition coefficient (Wildman–Crippen LogP) is 6.38. The highest BCUT2D eigenvalue weighted by Gasteiger charge is 2.13. The first-order valence-corrected chi connectivity index (χ1v) is 9.49. The first-order chi connectivity index (χ1) is 12.2. The van der Waals surface area contributed by atoms with E-state index in [1.807, 2.05) is 0 Å². The molecule has 0 N–H and O–H groups in total. The van der Waals surface area contributed by atoms with Gasteiger partial charge in [-0.2, -0.15) is 0 Å². The minimum atomic E-state index is 1.08. The normalized spacial score (nSPS) is 11.8. The van der Waals surface area contributed by atoms with Crippen molar-refractivity contribution in [2.45, 2.75) is 52.9 Å². The average molecular weight is 330 g/mol. The summed E-state index contributed by atoms with van der Waals surface area (Å²) in [4.78, 5) is 4.85. The van der Waals surface area contributed by atoms with Crippen LogP contribution >= 0.6 is 0 Å². The molecule has 2 aromatic carbocycles. The van der Waals surface area contributed by atoms with Crippen molar-refractivity contribution in [1.82, 2.24) is 9.38 Å². The van der Waals surface area contributed by atoms with Crippen molar-refractivity contribution in [2.24, 2.45) is 0 Å². The van der Waals surface area contributed by atoms with E-state index in [2.05, 4.69) is 67.6 Å². The number of hydrogen-bond acceptors (Lipinski definition) is 1. The molecule has 0 aliphatic heterocycles. The number of hydrogen-bond donors (Lipinski definition) is 0. The van der Waals surface area contributed by atoms with E-state index in [0.29, 0.717) is 0 Å². The number of rotatable bonds is 5. The number of aryl methyl sites for hydroxylation is 3. The zero-order chi connectivity index (χ0) is 17.4. The molecule has 2 aromatic heterocycles. The number of unbranched alkanes of at least 4 members (excludes halogenated alkanes) is 3. The highest BCUT2D eigenvalue weighted by Crippen LogP contribution is 2.31. The summed E-state index contributed by atoms with van der Waals surface area (Å²) in [5, 5.41) is 3.90. The van der Waals surface area contributed by atoms with Gasteiger partial charge in [0.05, 0.1) is 11.2 Å². The first-order valence-electron chi connectivity index (χ1n) is 9.49. The molecule has 0 unspecified atom stereocenters. The smallest absolute Gasteiger partial charge is 0.145 e. The number of benzene rings is 2. The van der Waals surface area contributed by atoms with Crippen molar-refractivity contribution in [3.8, 4) is 0 Å². The molecule has 2 heterocycles. The van der Waals surface area contributed by atoms with Gasteiger partial charge in [-0.05, 0) is 49.8 Å². The van der Waals surface area contributed by atoms with Crippen LogP contribution in [0.5, 0.6) is 0 Å². The quantitative estimate of drug-likeness (QED) is 0.306. The molecule has 0 saturated heterocycles. The monoisotopic (exact) mass is 330 g/mol. The maximum absolute atomic E-state index is 4.85. The van der Waals surface area contributed by atoms with Gasteiger partial charge in [0.1, 0.15) is 5.65 Å². The molecule has 0 bridgehead atoms. The van der Waals surface area contributed by atoms with Gasteiger partial charge in [-0.25, -0.2) is 4.98 Å². The molecule has 4 rings (SSSR count). The summed E-state index contributed by atoms with van der Waals surface area (Å²) in [6.45, 7) is 6.54. The van der Waals surface area contributed by atoms with Crippen LogP contribution in [0.25, 0.3) is 27.3 Å². The Hall–Kier alpha value is -2.35. The molecule has 0 atom stereocenters. The van der Waals surface area contributed by atoms with Crippen molar-refractivity contribution in [3.05, 3.63) is 59.4 Å². The van der Waals surface area contributed by atoms with Crippen LogP contribution in [-0.2, 0) is 6.42 Å². The van der Waals surface area contributed by atoms with Gasteiger partial charge in [-0.1, -0.05) is 56.5 Å². The van der Waals surface area contributed by atoms with Gasteiger partial charge in [0.15, 0.2) is 0 Å². The van der Waals surface area contributed by atoms with Crippen molar-refractivity contribution in [1.29, 1.82) is 0 Å². The molecular formula is C23H26N2. The van der Waals surface area contributed by atoms with E-state index in [0.717, 1.165) is 11.3 Å². The molecule has 0 aliphatic rings. The molecule has 2 heteroatoms. The zero-order valence-corrected chi connectivity index (χ0v) is 15.5. The molecular weight excluding hydrogens is 304 g/mol. The molecule has 0 saturated carbocycles. The van der Waals surface area contributed by atoms with Gasteiger partial charge in [0.2, 0.25) is 0 Å². The predicted molar refractivity (Wildman–Crippen MR) is 108 cm³/mol. The standard InChI is InChI=1S/C23H26N2/c1-4-5-6-7-10-18-13-14-22-21(15-18)19-11-8-9-12-20(19)23-24-16(2)17(3)25(22)23/h8-9,11-15H,4-7,10H2,1-3H3. The lowest BCUT2D eigenvalue weighted by molar-refractivity contribution is 0.667. The first kappa shape index (κ1) is 16.1. The zero-order valence-electron chi connectivity index (χ0n) is 15.5. The molecule has 0 spiro atoms. The Morgan fingerprint density at radius 2 is 1.68 bits per heavy atom. The third kappa shape index (κ3) is 2.70. The van der Waals surface area contributed by atoms with Crippen LogP contribution in [0.3, 0.4) is 0 Å². The van der Waals surface area contributed by atoms with Gasteiger partial charge in [0, 0.05) is 16.5 Å². The Balaban J connectivity index is 1.93. The summed E-state index contributed by atoms with van der Waals surface area (Å²) in [5.41, 5.74) is 6.14. The van der Waals surface area contributed by atoms with Crippen molar-refractivity contribution in [2.75, 3.05) is 0 Å². The second-order valence-electron chi connectivity index (χ2n) is 7.15. The number of nitrogens with zero attached hydrogens (tertiary/aromatic N) is 2. The Morgan fingerprint density at radius 1 is 0.880 bits per heavy atom. The third-order valence-corrected chi connectivity index (χ3v) is 5.42. The highest BCUT2D eigenvalue weighted by atomic mass is 15.0. The summed E-state index contributed by atoms with van der Waals surface area (Å²) < 4.78 is 2.33. The fraction of sp³-hybridized carbons (Fsp3) is 0.348. The largest absolute Gasteiger partial charge is 0.296 e. The molecule has 0 aliphatic carbocycles. The van der Waals surface area contributed by atoms with E-state index in [9.17, 15) is 0 Å². The number of fused-ring (bicyclic) bond motifs is 6. The SMILES string of the molecule is CCCCCCc1ccc2c(c1)c1ccccc1c1nc(C)c(C)n21. The average Bonchev–Trinajstić information content (AvgIpc) is 2.94. The number of pyridine rings is 1. The Bertz CT molecular complexity index is 1060. The van der Waals surface area contributed by atoms with Crippen LogP contribution in [0.15, 0.2) is 42.5 Å². The van der Waals surface area contributed by atoms with Crippen LogP contribution in [0.1, 0.15) is 49.6 Å². The lowest BCUT2D eigenvalue weighted by atomic mass is 10.0. The van der Waals surface area contributed by atoms with E-state index < -0.39 is 0 Å². The van der Waals surface area contributed by atoms with E-state index in [-0.39, 0.29) is 0 Å². The van der Waals surface area contributed by atoms with Crippen LogP contribution in [0, 0.1) is 13.8 Å². The Kier molecular flexibility index (Phi) is 4.20. The fourth-order valence-electron chi connectivity index (χ4n) is 3.90. The molecule has 25 heavy (non-hydrogen) atoms. The van der Waals surface area contributed by atoms with Crippen molar-refractivity contribution in [3.63, 3.8) is 0 Å². The minimum Gasteiger partial charge on any atom is -0.296 e. The molecule has 0 amide bonds. The molecule has 0 radical (unpaired) electrons. The fourth-order valence-corrected chi connectivity index (χ4v) is 3.90. The maximum atomic E-state index is 4.85. The number of aromatic nitrogens is 2. The third-order valence-electron chi connectivity index (χ3n) is 5.42. The van der Waals surface area contributed by atoms with Gasteiger partial charge < -0.3 is 0 Å². The van der Waals surface area contributed by atoms with Gasteiger partial charge in [-0.3, -0.25) is 4.40 Å². The lowest BCUT2D eigenvalue weighted by Gasteiger charge is -2.11. The number of imidazole rings is 1. The maximum Gasteiger partial charge on any atom is 0.145 e. The van der Waals surface area contributed by atoms with Crippen LogP contribution in [0.2, 0.25) is 0 Å². The summed E-state index contributed by atoms with van der Waals surface area (Å²) in [7, 11) is 0. The second kappa shape index (κ2) is 6.51. The van der Waals surface area contributed by atoms with Crippen molar-refractivity contribution >= 4 is 27.3 Å². The summed E-state index contributed by atoms with van der Waals surface area (Å²) in [5.74, 6) is 0. The second-order valence-corrected chi connectivity index (χ2v) is 7.15. The Morgan fingerprint density at radius 3 is 2.48 bits per heavy atom. The van der Waals surface area contributed by atoms with Crippen LogP contribution in [-0.4, -0.2) is 9.38 Å². The minimum absolute atomic E-state index is 1.08. The Labute approximate surface area is 149 Å². The van der Waals surface area contributed by atoms with Gasteiger partial charge in [-0.15, -0.1) is 0 Å². The molecule has 0 fully saturated rings. The molecule has 128 valence electrons.